The van der Waals surface area contributed by atoms with E-state index >= 15 is 0 Å². The summed E-state index contributed by atoms with van der Waals surface area (Å²) in [6, 6.07) is 5.24. The lowest BCUT2D eigenvalue weighted by atomic mass is 9.99. The topological polar surface area (TPSA) is 49.4 Å². The third kappa shape index (κ3) is 3.31. The van der Waals surface area contributed by atoms with Gasteiger partial charge in [0.1, 0.15) is 0 Å². The van der Waals surface area contributed by atoms with Crippen LogP contribution in [-0.2, 0) is 9.59 Å². The van der Waals surface area contributed by atoms with E-state index in [9.17, 15) is 9.59 Å². The molecule has 0 saturated carbocycles. The third-order valence-corrected chi connectivity index (χ3v) is 4.19. The Bertz CT molecular complexity index is 523. The number of hydrogen-bond acceptors (Lipinski definition) is 2. The Hall–Kier alpha value is -1.55. The first-order valence-electron chi connectivity index (χ1n) is 6.84. The number of nitrogens with zero attached hydrogens (tertiary/aromatic N) is 1. The zero-order valence-corrected chi connectivity index (χ0v) is 12.5. The van der Waals surface area contributed by atoms with Crippen LogP contribution < -0.4 is 5.32 Å². The van der Waals surface area contributed by atoms with E-state index in [2.05, 4.69) is 12.2 Å². The average Bonchev–Trinajstić information content (AvgIpc) is 2.44. The first kappa shape index (κ1) is 14.9. The van der Waals surface area contributed by atoms with Crippen molar-refractivity contribution in [1.29, 1.82) is 0 Å². The highest BCUT2D eigenvalue weighted by Gasteiger charge is 2.25. The predicted octanol–water partition coefficient (Wildman–Crippen LogP) is 2.85. The molecule has 2 amide bonds. The number of anilines is 1. The molecule has 0 aliphatic carbocycles. The summed E-state index contributed by atoms with van der Waals surface area (Å²) >= 11 is 5.99. The van der Waals surface area contributed by atoms with Crippen molar-refractivity contribution in [3.05, 3.63) is 28.8 Å². The van der Waals surface area contributed by atoms with Crippen molar-refractivity contribution in [1.82, 2.24) is 4.90 Å². The highest BCUT2D eigenvalue weighted by Crippen LogP contribution is 2.23. The quantitative estimate of drug-likeness (QED) is 0.810. The van der Waals surface area contributed by atoms with Crippen molar-refractivity contribution < 1.29 is 9.59 Å². The van der Waals surface area contributed by atoms with Crippen LogP contribution in [0, 0.1) is 12.8 Å². The average molecular weight is 295 g/mol. The van der Waals surface area contributed by atoms with Crippen LogP contribution in [0.25, 0.3) is 0 Å². The molecule has 0 spiro atoms. The lowest BCUT2D eigenvalue weighted by Crippen LogP contribution is -2.43. The fourth-order valence-electron chi connectivity index (χ4n) is 2.27. The summed E-state index contributed by atoms with van der Waals surface area (Å²) in [4.78, 5) is 25.7. The van der Waals surface area contributed by atoms with Crippen LogP contribution in [0.5, 0.6) is 0 Å². The molecule has 1 aliphatic heterocycles. The molecule has 0 bridgehead atoms. The van der Waals surface area contributed by atoms with Gasteiger partial charge in [0.05, 0.1) is 0 Å². The number of likely N-dealkylation sites (tertiary alicyclic amines) is 1. The first-order valence-corrected chi connectivity index (χ1v) is 7.22. The van der Waals surface area contributed by atoms with Crippen LogP contribution in [0.4, 0.5) is 5.69 Å². The number of hydrogen-bond donors (Lipinski definition) is 1. The van der Waals surface area contributed by atoms with E-state index in [4.69, 9.17) is 11.6 Å². The van der Waals surface area contributed by atoms with Crippen molar-refractivity contribution in [2.24, 2.45) is 5.92 Å². The monoisotopic (exact) mass is 294 g/mol. The Labute approximate surface area is 124 Å². The zero-order chi connectivity index (χ0) is 14.7. The number of carbonyl (C=O) groups excluding carboxylic acids is 2. The summed E-state index contributed by atoms with van der Waals surface area (Å²) < 4.78 is 0. The van der Waals surface area contributed by atoms with E-state index in [1.54, 1.807) is 23.1 Å². The van der Waals surface area contributed by atoms with Crippen LogP contribution in [0.2, 0.25) is 5.02 Å². The van der Waals surface area contributed by atoms with Crippen LogP contribution in [-0.4, -0.2) is 29.8 Å². The maximum Gasteiger partial charge on any atom is 0.313 e. The van der Waals surface area contributed by atoms with Gasteiger partial charge >= 0.3 is 11.8 Å². The number of carbonyl (C=O) groups is 2. The molecule has 5 heteroatoms. The number of nitrogens with one attached hydrogen (secondary N) is 1. The van der Waals surface area contributed by atoms with Gasteiger partial charge < -0.3 is 10.2 Å². The number of rotatable bonds is 1. The smallest absolute Gasteiger partial charge is 0.313 e. The van der Waals surface area contributed by atoms with Gasteiger partial charge in [-0.3, -0.25) is 9.59 Å². The Morgan fingerprint density at radius 1 is 1.30 bits per heavy atom. The molecule has 0 atom stereocenters. The second kappa shape index (κ2) is 6.27. The highest BCUT2D eigenvalue weighted by atomic mass is 35.5. The molecular weight excluding hydrogens is 276 g/mol. The molecule has 0 aromatic heterocycles. The van der Waals surface area contributed by atoms with Gasteiger partial charge in [0.2, 0.25) is 0 Å². The van der Waals surface area contributed by atoms with E-state index in [0.717, 1.165) is 18.4 Å². The van der Waals surface area contributed by atoms with Crippen molar-refractivity contribution in [2.45, 2.75) is 26.7 Å². The maximum absolute atomic E-state index is 12.1. The molecule has 1 saturated heterocycles. The largest absolute Gasteiger partial charge is 0.334 e. The fourth-order valence-corrected chi connectivity index (χ4v) is 2.45. The van der Waals surface area contributed by atoms with Gasteiger partial charge in [0.25, 0.3) is 0 Å². The Balaban J connectivity index is 2.01. The second-order valence-electron chi connectivity index (χ2n) is 5.34. The number of piperidine rings is 1. The van der Waals surface area contributed by atoms with Gasteiger partial charge in [0, 0.05) is 23.8 Å². The van der Waals surface area contributed by atoms with Crippen molar-refractivity contribution in [3.63, 3.8) is 0 Å². The predicted molar refractivity (Wildman–Crippen MR) is 79.8 cm³/mol. The standard InChI is InChI=1S/C15H19ClN2O2/c1-10-6-8-18(9-7-10)15(20)14(19)17-13-5-3-4-12(16)11(13)2/h3-5,10H,6-9H2,1-2H3,(H,17,19). The molecule has 20 heavy (non-hydrogen) atoms. The zero-order valence-electron chi connectivity index (χ0n) is 11.8. The van der Waals surface area contributed by atoms with Gasteiger partial charge in [0.15, 0.2) is 0 Å². The summed E-state index contributed by atoms with van der Waals surface area (Å²) in [5, 5.41) is 3.22. The van der Waals surface area contributed by atoms with E-state index in [1.165, 1.54) is 0 Å². The first-order chi connectivity index (χ1) is 9.49. The fraction of sp³-hybridized carbons (Fsp3) is 0.467. The number of amides is 2. The van der Waals surface area contributed by atoms with Gasteiger partial charge in [-0.25, -0.2) is 0 Å². The molecule has 1 fully saturated rings. The molecule has 1 heterocycles. The molecular formula is C15H19ClN2O2. The van der Waals surface area contributed by atoms with Gasteiger partial charge in [-0.1, -0.05) is 24.6 Å². The second-order valence-corrected chi connectivity index (χ2v) is 5.75. The molecule has 4 nitrogen and oxygen atoms in total. The number of benzene rings is 1. The molecule has 1 aromatic rings. The molecule has 2 rings (SSSR count). The maximum atomic E-state index is 12.1. The molecule has 108 valence electrons. The molecule has 1 aromatic carbocycles. The lowest BCUT2D eigenvalue weighted by molar-refractivity contribution is -0.144. The van der Waals surface area contributed by atoms with Gasteiger partial charge in [-0.15, -0.1) is 0 Å². The summed E-state index contributed by atoms with van der Waals surface area (Å²) in [6.45, 7) is 5.28. The van der Waals surface area contributed by atoms with E-state index < -0.39 is 11.8 Å². The minimum Gasteiger partial charge on any atom is -0.334 e. The molecule has 0 unspecified atom stereocenters. The number of halogens is 1. The van der Waals surface area contributed by atoms with Crippen LogP contribution in [0.1, 0.15) is 25.3 Å². The summed E-state index contributed by atoms with van der Waals surface area (Å²) in [7, 11) is 0. The SMILES string of the molecule is Cc1c(Cl)cccc1NC(=O)C(=O)N1CCC(C)CC1. The summed E-state index contributed by atoms with van der Waals surface area (Å²) in [5.74, 6) is -0.432. The van der Waals surface area contributed by atoms with Crippen LogP contribution >= 0.6 is 11.6 Å². The van der Waals surface area contributed by atoms with Gasteiger partial charge in [-0.05, 0) is 43.4 Å². The highest BCUT2D eigenvalue weighted by molar-refractivity contribution is 6.40. The third-order valence-electron chi connectivity index (χ3n) is 3.78. The minimum atomic E-state index is -0.593. The van der Waals surface area contributed by atoms with E-state index in [0.29, 0.717) is 29.7 Å². The van der Waals surface area contributed by atoms with Crippen molar-refractivity contribution >= 4 is 29.1 Å². The van der Waals surface area contributed by atoms with E-state index in [-0.39, 0.29) is 0 Å². The van der Waals surface area contributed by atoms with Gasteiger partial charge in [-0.2, -0.15) is 0 Å². The normalized spacial score (nSPS) is 16.1. The summed E-state index contributed by atoms with van der Waals surface area (Å²) in [5.41, 5.74) is 1.35. The Morgan fingerprint density at radius 2 is 1.95 bits per heavy atom. The molecule has 1 aliphatic rings. The lowest BCUT2D eigenvalue weighted by Gasteiger charge is -2.29. The van der Waals surface area contributed by atoms with Crippen molar-refractivity contribution in [2.75, 3.05) is 18.4 Å². The van der Waals surface area contributed by atoms with E-state index in [1.807, 2.05) is 6.92 Å². The Morgan fingerprint density at radius 3 is 2.60 bits per heavy atom. The summed E-state index contributed by atoms with van der Waals surface area (Å²) in [6.07, 6.45) is 1.91. The Kier molecular flexibility index (Phi) is 4.65. The van der Waals surface area contributed by atoms with Crippen molar-refractivity contribution in [3.8, 4) is 0 Å². The minimum absolute atomic E-state index is 0.462. The van der Waals surface area contributed by atoms with Crippen LogP contribution in [0.15, 0.2) is 18.2 Å². The molecule has 0 radical (unpaired) electrons. The van der Waals surface area contributed by atoms with Crippen LogP contribution in [0.3, 0.4) is 0 Å². The molecule has 1 N–H and O–H groups in total.